The Hall–Kier alpha value is -1.89. The number of ether oxygens (including phenoxy) is 1. The Morgan fingerprint density at radius 2 is 2.10 bits per heavy atom. The van der Waals surface area contributed by atoms with Crippen LogP contribution in [0.4, 0.5) is 4.79 Å². The zero-order chi connectivity index (χ0) is 20.5. The van der Waals surface area contributed by atoms with Crippen molar-refractivity contribution >= 4 is 22.0 Å². The first-order valence-corrected chi connectivity index (χ1v) is 11.7. The first kappa shape index (κ1) is 20.4. The molecule has 4 aliphatic rings. The van der Waals surface area contributed by atoms with Crippen molar-refractivity contribution < 1.29 is 14.6 Å². The summed E-state index contributed by atoms with van der Waals surface area (Å²) in [5.74, 6) is 0. The summed E-state index contributed by atoms with van der Waals surface area (Å²) < 4.78 is 5.87. The molecule has 0 saturated carbocycles. The van der Waals surface area contributed by atoms with Gasteiger partial charge in [-0.15, -0.1) is 0 Å². The highest BCUT2D eigenvalue weighted by atomic mass is 79.9. The molecule has 1 N–H and O–H groups in total. The molecule has 0 aromatic heterocycles. The van der Waals surface area contributed by atoms with E-state index in [1.807, 2.05) is 11.3 Å². The molecule has 1 fully saturated rings. The van der Waals surface area contributed by atoms with Crippen molar-refractivity contribution in [1.82, 2.24) is 14.9 Å². The fraction of sp³-hybridized carbons (Fsp3) is 0.591. The van der Waals surface area contributed by atoms with E-state index in [0.717, 1.165) is 61.7 Å². The van der Waals surface area contributed by atoms with Gasteiger partial charge in [0.1, 0.15) is 6.26 Å². The normalized spacial score (nSPS) is 30.7. The summed E-state index contributed by atoms with van der Waals surface area (Å²) in [6.07, 6.45) is 8.92. The summed E-state index contributed by atoms with van der Waals surface area (Å²) in [6, 6.07) is 0.402. The van der Waals surface area contributed by atoms with E-state index in [9.17, 15) is 9.90 Å². The van der Waals surface area contributed by atoms with Crippen LogP contribution in [0.15, 0.2) is 46.2 Å². The Morgan fingerprint density at radius 1 is 1.28 bits per heavy atom. The second kappa shape index (κ2) is 8.46. The van der Waals surface area contributed by atoms with Crippen LogP contribution in [0.25, 0.3) is 0 Å². The van der Waals surface area contributed by atoms with E-state index < -0.39 is 6.09 Å². The molecule has 29 heavy (non-hydrogen) atoms. The van der Waals surface area contributed by atoms with Crippen LogP contribution in [0.3, 0.4) is 0 Å². The quantitative estimate of drug-likeness (QED) is 0.598. The number of nitrogens with zero attached hydrogens (tertiary/aromatic N) is 3. The molecule has 6 nitrogen and oxygen atoms in total. The third-order valence-electron chi connectivity index (χ3n) is 6.34. The number of carbonyl (C=O) groups is 1. The van der Waals surface area contributed by atoms with E-state index in [0.29, 0.717) is 19.1 Å². The number of halogens is 1. The van der Waals surface area contributed by atoms with Crippen molar-refractivity contribution in [3.8, 4) is 0 Å². The van der Waals surface area contributed by atoms with Gasteiger partial charge in [-0.25, -0.2) is 9.80 Å². The van der Waals surface area contributed by atoms with Crippen molar-refractivity contribution in [2.45, 2.75) is 58.4 Å². The molecule has 0 bridgehead atoms. The number of hydrogen-bond donors (Lipinski definition) is 1. The molecule has 7 heteroatoms. The lowest BCUT2D eigenvalue weighted by Gasteiger charge is -2.33. The van der Waals surface area contributed by atoms with Gasteiger partial charge in [0.25, 0.3) is 0 Å². The number of hydrogen-bond acceptors (Lipinski definition) is 4. The van der Waals surface area contributed by atoms with Gasteiger partial charge in [-0.3, -0.25) is 5.01 Å². The SMILES string of the molecule is C/C1=C/O/C=C2\C(=C3\CCCC4=C3N(CC4)C(C)C1)CN(C(=O)O)N2CCCBr. The fourth-order valence-corrected chi connectivity index (χ4v) is 5.35. The number of allylic oxidation sites excluding steroid dienone is 1. The average molecular weight is 464 g/mol. The number of carboxylic acid groups (broad SMARTS) is 1. The van der Waals surface area contributed by atoms with Crippen molar-refractivity contribution in [3.05, 3.63) is 46.2 Å². The maximum Gasteiger partial charge on any atom is 0.426 e. The summed E-state index contributed by atoms with van der Waals surface area (Å²) in [4.78, 5) is 14.6. The molecule has 0 aromatic carbocycles. The van der Waals surface area contributed by atoms with Gasteiger partial charge in [-0.2, -0.15) is 0 Å². The molecule has 1 aliphatic carbocycles. The highest BCUT2D eigenvalue weighted by Crippen LogP contribution is 2.44. The van der Waals surface area contributed by atoms with E-state index in [1.165, 1.54) is 21.9 Å². The van der Waals surface area contributed by atoms with Crippen molar-refractivity contribution in [2.24, 2.45) is 0 Å². The minimum atomic E-state index is -0.915. The summed E-state index contributed by atoms with van der Waals surface area (Å²) >= 11 is 3.48. The van der Waals surface area contributed by atoms with Gasteiger partial charge in [0.2, 0.25) is 0 Å². The van der Waals surface area contributed by atoms with E-state index in [1.54, 1.807) is 11.8 Å². The van der Waals surface area contributed by atoms with Gasteiger partial charge in [0.05, 0.1) is 18.5 Å². The van der Waals surface area contributed by atoms with E-state index in [-0.39, 0.29) is 0 Å². The van der Waals surface area contributed by atoms with E-state index >= 15 is 0 Å². The van der Waals surface area contributed by atoms with E-state index in [4.69, 9.17) is 4.74 Å². The average Bonchev–Trinajstić information content (AvgIpc) is 3.27. The lowest BCUT2D eigenvalue weighted by molar-refractivity contribution is 0.0481. The molecule has 1 saturated heterocycles. The van der Waals surface area contributed by atoms with Crippen LogP contribution in [-0.2, 0) is 4.74 Å². The largest absolute Gasteiger partial charge is 0.470 e. The van der Waals surface area contributed by atoms with E-state index in [2.05, 4.69) is 34.7 Å². The van der Waals surface area contributed by atoms with Crippen LogP contribution in [0, 0.1) is 0 Å². The molecule has 1 amide bonds. The van der Waals surface area contributed by atoms with Gasteiger partial charge >= 0.3 is 6.09 Å². The van der Waals surface area contributed by atoms with Crippen LogP contribution in [0.5, 0.6) is 0 Å². The standard InChI is InChI=1S/C22H30BrN3O3/c1-15-11-16(2)24-10-7-17-5-3-6-18(21(17)24)19-12-26(22(27)28)25(9-4-8-23)20(19)14-29-13-15/h13-14,16H,3-12H2,1-2H3,(H,27,28)/b15-13-,19-18-,20-14+. The summed E-state index contributed by atoms with van der Waals surface area (Å²) in [7, 11) is 0. The fourth-order valence-electron chi connectivity index (χ4n) is 5.09. The Labute approximate surface area is 181 Å². The van der Waals surface area contributed by atoms with Crippen molar-refractivity contribution in [1.29, 1.82) is 0 Å². The summed E-state index contributed by atoms with van der Waals surface area (Å²) in [5, 5.41) is 14.0. The maximum atomic E-state index is 12.0. The van der Waals surface area contributed by atoms with Crippen LogP contribution in [0.2, 0.25) is 0 Å². The van der Waals surface area contributed by atoms with Gasteiger partial charge < -0.3 is 14.7 Å². The second-order valence-corrected chi connectivity index (χ2v) is 9.16. The number of amides is 1. The van der Waals surface area contributed by atoms with Crippen LogP contribution < -0.4 is 0 Å². The lowest BCUT2D eigenvalue weighted by atomic mass is 9.87. The van der Waals surface area contributed by atoms with Crippen molar-refractivity contribution in [3.63, 3.8) is 0 Å². The predicted molar refractivity (Wildman–Crippen MR) is 116 cm³/mol. The molecule has 1 unspecified atom stereocenters. The Kier molecular flexibility index (Phi) is 5.95. The zero-order valence-electron chi connectivity index (χ0n) is 17.3. The van der Waals surface area contributed by atoms with Crippen molar-refractivity contribution in [2.75, 3.05) is 25.0 Å². The third-order valence-corrected chi connectivity index (χ3v) is 6.90. The highest BCUT2D eigenvalue weighted by Gasteiger charge is 2.39. The molecule has 0 aromatic rings. The van der Waals surface area contributed by atoms with Gasteiger partial charge in [-0.1, -0.05) is 15.9 Å². The smallest absolute Gasteiger partial charge is 0.426 e. The Morgan fingerprint density at radius 3 is 2.86 bits per heavy atom. The number of alkyl halides is 1. The highest BCUT2D eigenvalue weighted by molar-refractivity contribution is 9.09. The molecule has 158 valence electrons. The Bertz CT molecular complexity index is 814. The Balaban J connectivity index is 1.86. The number of rotatable bonds is 3. The molecule has 0 spiro atoms. The molecular weight excluding hydrogens is 434 g/mol. The first-order chi connectivity index (χ1) is 14.0. The van der Waals surface area contributed by atoms with Gasteiger partial charge in [0, 0.05) is 35.7 Å². The van der Waals surface area contributed by atoms with Crippen LogP contribution in [0.1, 0.15) is 52.4 Å². The van der Waals surface area contributed by atoms with Gasteiger partial charge in [-0.05, 0) is 69.1 Å². The molecule has 3 aliphatic heterocycles. The summed E-state index contributed by atoms with van der Waals surface area (Å²) in [6.45, 7) is 6.49. The maximum absolute atomic E-state index is 12.0. The van der Waals surface area contributed by atoms with Crippen LogP contribution in [-0.4, -0.2) is 57.1 Å². The molecule has 3 heterocycles. The van der Waals surface area contributed by atoms with Crippen LogP contribution >= 0.6 is 15.9 Å². The minimum Gasteiger partial charge on any atom is -0.470 e. The molecule has 0 radical (unpaired) electrons. The molecular formula is C22H30BrN3O3. The molecule has 1 atom stereocenters. The lowest BCUT2D eigenvalue weighted by Crippen LogP contribution is -2.40. The number of fused-ring (bicyclic) bond motifs is 1. The van der Waals surface area contributed by atoms with Gasteiger partial charge in [0.15, 0.2) is 0 Å². The second-order valence-electron chi connectivity index (χ2n) is 8.37. The third kappa shape index (κ3) is 3.81. The monoisotopic (exact) mass is 463 g/mol. The predicted octanol–water partition coefficient (Wildman–Crippen LogP) is 4.98. The summed E-state index contributed by atoms with van der Waals surface area (Å²) in [5.41, 5.74) is 7.48. The first-order valence-electron chi connectivity index (χ1n) is 10.6. The zero-order valence-corrected chi connectivity index (χ0v) is 18.9. The molecule has 4 rings (SSSR count). The minimum absolute atomic E-state index is 0.393. The topological polar surface area (TPSA) is 56.3 Å². The number of hydrazine groups is 1.